The van der Waals surface area contributed by atoms with Crippen molar-refractivity contribution in [2.75, 3.05) is 31.1 Å². The lowest BCUT2D eigenvalue weighted by Gasteiger charge is -2.36. The second-order valence-corrected chi connectivity index (χ2v) is 16.4. The van der Waals surface area contributed by atoms with Crippen molar-refractivity contribution in [1.82, 2.24) is 9.88 Å². The summed E-state index contributed by atoms with van der Waals surface area (Å²) in [6.07, 6.45) is 0.735. The number of hydrogen-bond acceptors (Lipinski definition) is 3. The lowest BCUT2D eigenvalue weighted by molar-refractivity contribution is 0.0263. The van der Waals surface area contributed by atoms with Crippen molar-refractivity contribution in [2.45, 2.75) is 71.7 Å². The van der Waals surface area contributed by atoms with Crippen LogP contribution in [0.1, 0.15) is 48.0 Å². The molecule has 1 aliphatic rings. The highest BCUT2D eigenvalue weighted by molar-refractivity contribution is 6.91. The number of aromatic amines is 1. The highest BCUT2D eigenvalue weighted by Gasteiger charge is 2.38. The number of amides is 1. The highest BCUT2D eigenvalue weighted by atomic mass is 28.3. The molecule has 1 fully saturated rings. The zero-order valence-electron chi connectivity index (χ0n) is 20.1. The largest absolute Gasteiger partial charge is 0.444 e. The zero-order valence-corrected chi connectivity index (χ0v) is 21.1. The Balaban J connectivity index is 1.84. The number of fused-ring (bicyclic) bond motifs is 1. The molecule has 2 heterocycles. The summed E-state index contributed by atoms with van der Waals surface area (Å²) in [7, 11) is -1.64. The van der Waals surface area contributed by atoms with Gasteiger partial charge in [-0.1, -0.05) is 39.9 Å². The standard InChI is InChI=1S/C24H39N3O2Si/c1-23(2,3)29-22(28)27-14-10-13-26(15-16-27)20-12-9-11-19-18(20)17-21(25-19)30(7,8)24(4,5)6/h9,11-12,17,25H,10,13-16H2,1-8H3. The van der Waals surface area contributed by atoms with Crippen molar-refractivity contribution < 1.29 is 9.53 Å². The third-order valence-electron chi connectivity index (χ3n) is 6.68. The maximum Gasteiger partial charge on any atom is 0.410 e. The molecule has 5 nitrogen and oxygen atoms in total. The summed E-state index contributed by atoms with van der Waals surface area (Å²) in [4.78, 5) is 20.5. The van der Waals surface area contributed by atoms with Gasteiger partial charge in [-0.05, 0) is 55.7 Å². The Kier molecular flexibility index (Phi) is 6.02. The van der Waals surface area contributed by atoms with E-state index in [-0.39, 0.29) is 11.1 Å². The quantitative estimate of drug-likeness (QED) is 0.656. The number of nitrogens with zero attached hydrogens (tertiary/aromatic N) is 2. The Hall–Kier alpha value is -1.95. The predicted octanol–water partition coefficient (Wildman–Crippen LogP) is 5.33. The molecule has 166 valence electrons. The summed E-state index contributed by atoms with van der Waals surface area (Å²) in [6.45, 7) is 20.9. The van der Waals surface area contributed by atoms with Gasteiger partial charge >= 0.3 is 6.09 Å². The third-order valence-corrected chi connectivity index (χ3v) is 12.0. The molecule has 0 bridgehead atoms. The van der Waals surface area contributed by atoms with E-state index in [0.29, 0.717) is 6.54 Å². The number of nitrogens with one attached hydrogen (secondary N) is 1. The van der Waals surface area contributed by atoms with Crippen LogP contribution < -0.4 is 10.2 Å². The molecular formula is C24H39N3O2Si. The third kappa shape index (κ3) is 4.69. The van der Waals surface area contributed by atoms with E-state index >= 15 is 0 Å². The zero-order chi connectivity index (χ0) is 22.3. The van der Waals surface area contributed by atoms with Crippen LogP contribution in [0, 0.1) is 0 Å². The first-order valence-corrected chi connectivity index (χ1v) is 14.1. The van der Waals surface area contributed by atoms with Gasteiger partial charge in [0.05, 0.1) is 0 Å². The number of ether oxygens (including phenoxy) is 1. The van der Waals surface area contributed by atoms with Crippen molar-refractivity contribution in [1.29, 1.82) is 0 Å². The Morgan fingerprint density at radius 1 is 1.03 bits per heavy atom. The van der Waals surface area contributed by atoms with Crippen LogP contribution in [0.15, 0.2) is 24.3 Å². The van der Waals surface area contributed by atoms with E-state index in [2.05, 4.69) is 68.0 Å². The van der Waals surface area contributed by atoms with E-state index in [0.717, 1.165) is 26.1 Å². The molecule has 3 rings (SSSR count). The van der Waals surface area contributed by atoms with Gasteiger partial charge in [0.2, 0.25) is 0 Å². The van der Waals surface area contributed by atoms with Gasteiger partial charge < -0.3 is 19.5 Å². The first-order valence-electron chi connectivity index (χ1n) is 11.1. The molecule has 0 saturated carbocycles. The fourth-order valence-corrected chi connectivity index (χ4v) is 5.58. The topological polar surface area (TPSA) is 48.6 Å². The molecule has 1 aromatic heterocycles. The number of carbonyl (C=O) groups is 1. The van der Waals surface area contributed by atoms with Crippen molar-refractivity contribution in [3.05, 3.63) is 24.3 Å². The van der Waals surface area contributed by atoms with Gasteiger partial charge in [-0.3, -0.25) is 0 Å². The lowest BCUT2D eigenvalue weighted by Crippen LogP contribution is -2.50. The smallest absolute Gasteiger partial charge is 0.410 e. The molecule has 0 aliphatic carbocycles. The SMILES string of the molecule is CC(C)(C)OC(=O)N1CCCN(c2cccc3[nH]c([Si](C)(C)C(C)(C)C)cc23)CC1. The molecule has 6 heteroatoms. The van der Waals surface area contributed by atoms with Crippen molar-refractivity contribution >= 4 is 36.1 Å². The van der Waals surface area contributed by atoms with Crippen LogP contribution in [0.3, 0.4) is 0 Å². The summed E-state index contributed by atoms with van der Waals surface area (Å²) in [5.41, 5.74) is 2.01. The van der Waals surface area contributed by atoms with E-state index in [1.807, 2.05) is 25.7 Å². The molecular weight excluding hydrogens is 390 g/mol. The molecule has 30 heavy (non-hydrogen) atoms. The molecule has 0 unspecified atom stereocenters. The number of hydrogen-bond donors (Lipinski definition) is 1. The van der Waals surface area contributed by atoms with Gasteiger partial charge in [0.1, 0.15) is 13.7 Å². The van der Waals surface area contributed by atoms with E-state index in [4.69, 9.17) is 4.74 Å². The van der Waals surface area contributed by atoms with Crippen molar-refractivity contribution in [2.24, 2.45) is 0 Å². The number of rotatable bonds is 2. The summed E-state index contributed by atoms with van der Waals surface area (Å²) >= 11 is 0. The summed E-state index contributed by atoms with van der Waals surface area (Å²) in [5, 5.41) is 2.98. The number of benzene rings is 1. The van der Waals surface area contributed by atoms with Crippen LogP contribution in [0.5, 0.6) is 0 Å². The van der Waals surface area contributed by atoms with Gasteiger partial charge in [-0.2, -0.15) is 0 Å². The Morgan fingerprint density at radius 2 is 1.73 bits per heavy atom. The molecule has 2 aromatic rings. The first kappa shape index (κ1) is 22.7. The monoisotopic (exact) mass is 429 g/mol. The molecule has 1 aliphatic heterocycles. The molecule has 0 atom stereocenters. The van der Waals surface area contributed by atoms with Crippen molar-refractivity contribution in [3.63, 3.8) is 0 Å². The maximum absolute atomic E-state index is 12.5. The van der Waals surface area contributed by atoms with Gasteiger partial charge in [-0.15, -0.1) is 0 Å². The fraction of sp³-hybridized carbons (Fsp3) is 0.625. The minimum absolute atomic E-state index is 0.204. The van der Waals surface area contributed by atoms with Gasteiger partial charge in [-0.25, -0.2) is 4.79 Å². The molecule has 0 radical (unpaired) electrons. The van der Waals surface area contributed by atoms with E-state index in [9.17, 15) is 4.79 Å². The number of anilines is 1. The van der Waals surface area contributed by atoms with Gasteiger partial charge in [0.15, 0.2) is 0 Å². The van der Waals surface area contributed by atoms with E-state index < -0.39 is 13.7 Å². The van der Waals surface area contributed by atoms with Crippen molar-refractivity contribution in [3.8, 4) is 0 Å². The van der Waals surface area contributed by atoms with Crippen LogP contribution in [0.2, 0.25) is 18.1 Å². The summed E-state index contributed by atoms with van der Waals surface area (Å²) in [5.74, 6) is 0. The predicted molar refractivity (Wildman–Crippen MR) is 130 cm³/mol. The van der Waals surface area contributed by atoms with E-state index in [1.165, 1.54) is 21.9 Å². The molecule has 1 saturated heterocycles. The van der Waals surface area contributed by atoms with Crippen LogP contribution >= 0.6 is 0 Å². The second kappa shape index (κ2) is 7.95. The minimum atomic E-state index is -1.64. The molecule has 1 N–H and O–H groups in total. The minimum Gasteiger partial charge on any atom is -0.444 e. The summed E-state index contributed by atoms with van der Waals surface area (Å²) in [6, 6.07) is 8.92. The molecule has 0 spiro atoms. The van der Waals surface area contributed by atoms with Crippen LogP contribution in [-0.2, 0) is 4.74 Å². The van der Waals surface area contributed by atoms with Crippen LogP contribution in [-0.4, -0.2) is 55.8 Å². The average molecular weight is 430 g/mol. The number of aromatic nitrogens is 1. The fourth-order valence-electron chi connectivity index (χ4n) is 3.82. The van der Waals surface area contributed by atoms with E-state index in [1.54, 1.807) is 0 Å². The van der Waals surface area contributed by atoms with Crippen LogP contribution in [0.4, 0.5) is 10.5 Å². The Bertz CT molecular complexity index is 905. The first-order chi connectivity index (χ1) is 13.8. The number of H-pyrrole nitrogens is 1. The Morgan fingerprint density at radius 3 is 2.37 bits per heavy atom. The van der Waals surface area contributed by atoms with Gasteiger partial charge in [0.25, 0.3) is 0 Å². The normalized spacial score (nSPS) is 16.7. The second-order valence-electron chi connectivity index (χ2n) is 11.1. The van der Waals surface area contributed by atoms with Gasteiger partial charge in [0, 0.05) is 42.8 Å². The molecule has 1 amide bonds. The number of carbonyl (C=O) groups excluding carboxylic acids is 1. The lowest BCUT2D eigenvalue weighted by atomic mass is 10.2. The summed E-state index contributed by atoms with van der Waals surface area (Å²) < 4.78 is 5.58. The maximum atomic E-state index is 12.5. The van der Waals surface area contributed by atoms with Crippen LogP contribution in [0.25, 0.3) is 10.9 Å². The Labute approximate surface area is 182 Å². The average Bonchev–Trinajstić information content (AvgIpc) is 2.90. The molecule has 1 aromatic carbocycles. The highest BCUT2D eigenvalue weighted by Crippen LogP contribution is 2.37.